The lowest BCUT2D eigenvalue weighted by Crippen LogP contribution is -2.59. The van der Waals surface area contributed by atoms with Crippen molar-refractivity contribution < 1.29 is 9.21 Å². The van der Waals surface area contributed by atoms with Gasteiger partial charge in [-0.3, -0.25) is 9.69 Å². The van der Waals surface area contributed by atoms with E-state index >= 15 is 0 Å². The zero-order chi connectivity index (χ0) is 20.4. The van der Waals surface area contributed by atoms with E-state index in [2.05, 4.69) is 32.8 Å². The minimum atomic E-state index is -0.109. The van der Waals surface area contributed by atoms with Gasteiger partial charge in [0.15, 0.2) is 5.96 Å². The van der Waals surface area contributed by atoms with E-state index in [0.717, 1.165) is 24.8 Å². The van der Waals surface area contributed by atoms with Crippen LogP contribution in [0.5, 0.6) is 0 Å². The molecule has 0 bridgehead atoms. The molecule has 0 spiro atoms. The first-order valence-electron chi connectivity index (χ1n) is 11.3. The highest BCUT2D eigenvalue weighted by Crippen LogP contribution is 2.35. The minimum absolute atomic E-state index is 0.104. The van der Waals surface area contributed by atoms with Crippen LogP contribution in [-0.4, -0.2) is 55.0 Å². The Morgan fingerprint density at radius 1 is 1.10 bits per heavy atom. The maximum absolute atomic E-state index is 12.1. The summed E-state index contributed by atoms with van der Waals surface area (Å²) in [5.74, 6) is 1.36. The number of guanidine groups is 1. The molecule has 3 N–H and O–H groups in total. The SMILES string of the molecule is CCNC(=NCC(=O)NCc1ccco1)NCC1(N2CCCCC2)CCCCC1. The summed E-state index contributed by atoms with van der Waals surface area (Å²) in [6.45, 7) is 6.64. The molecule has 1 aliphatic heterocycles. The molecule has 1 saturated heterocycles. The van der Waals surface area contributed by atoms with Gasteiger partial charge < -0.3 is 20.4 Å². The number of hydrogen-bond donors (Lipinski definition) is 3. The van der Waals surface area contributed by atoms with Gasteiger partial charge in [0.05, 0.1) is 12.8 Å². The van der Waals surface area contributed by atoms with Crippen LogP contribution in [0.1, 0.15) is 64.1 Å². The van der Waals surface area contributed by atoms with Crippen molar-refractivity contribution in [3.05, 3.63) is 24.2 Å². The Hall–Kier alpha value is -2.02. The summed E-state index contributed by atoms with van der Waals surface area (Å²) in [6, 6.07) is 3.66. The van der Waals surface area contributed by atoms with Crippen molar-refractivity contribution in [1.29, 1.82) is 0 Å². The standard InChI is InChI=1S/C22H37N5O2/c1-2-23-21(25-17-20(28)24-16-19-10-9-15-29-19)26-18-22(11-5-3-6-12-22)27-13-7-4-8-14-27/h9-10,15H,2-8,11-14,16-18H2,1H3,(H,24,28)(H2,23,25,26). The number of amides is 1. The first-order valence-corrected chi connectivity index (χ1v) is 11.3. The molecule has 1 aromatic heterocycles. The highest BCUT2D eigenvalue weighted by Gasteiger charge is 2.38. The molecular formula is C22H37N5O2. The second-order valence-corrected chi connectivity index (χ2v) is 8.24. The number of carbonyl (C=O) groups is 1. The molecule has 1 amide bonds. The molecule has 0 aromatic carbocycles. The van der Waals surface area contributed by atoms with Crippen LogP contribution in [0.2, 0.25) is 0 Å². The van der Waals surface area contributed by atoms with Crippen molar-refractivity contribution in [3.63, 3.8) is 0 Å². The summed E-state index contributed by atoms with van der Waals surface area (Å²) < 4.78 is 5.24. The van der Waals surface area contributed by atoms with E-state index in [1.807, 2.05) is 12.1 Å². The average molecular weight is 404 g/mol. The van der Waals surface area contributed by atoms with Crippen molar-refractivity contribution in [3.8, 4) is 0 Å². The molecule has 0 radical (unpaired) electrons. The lowest BCUT2D eigenvalue weighted by molar-refractivity contribution is -0.119. The van der Waals surface area contributed by atoms with Crippen LogP contribution in [0, 0.1) is 0 Å². The van der Waals surface area contributed by atoms with Crippen LogP contribution >= 0.6 is 0 Å². The Bertz CT molecular complexity index is 632. The van der Waals surface area contributed by atoms with Gasteiger partial charge in [-0.25, -0.2) is 4.99 Å². The van der Waals surface area contributed by atoms with Gasteiger partial charge in [0.2, 0.25) is 5.91 Å². The van der Waals surface area contributed by atoms with E-state index in [1.165, 1.54) is 64.5 Å². The van der Waals surface area contributed by atoms with Gasteiger partial charge >= 0.3 is 0 Å². The monoisotopic (exact) mass is 403 g/mol. The summed E-state index contributed by atoms with van der Waals surface area (Å²) in [7, 11) is 0. The van der Waals surface area contributed by atoms with Gasteiger partial charge in [0.1, 0.15) is 12.3 Å². The van der Waals surface area contributed by atoms with Crippen molar-refractivity contribution in [2.24, 2.45) is 4.99 Å². The molecule has 0 atom stereocenters. The third kappa shape index (κ3) is 6.49. The molecule has 0 unspecified atom stereocenters. The number of carbonyl (C=O) groups excluding carboxylic acids is 1. The van der Waals surface area contributed by atoms with Crippen LogP contribution in [0.4, 0.5) is 0 Å². The lowest BCUT2D eigenvalue weighted by Gasteiger charge is -2.48. The predicted molar refractivity (Wildman–Crippen MR) is 116 cm³/mol. The smallest absolute Gasteiger partial charge is 0.242 e. The number of likely N-dealkylation sites (tertiary alicyclic amines) is 1. The van der Waals surface area contributed by atoms with Crippen LogP contribution in [-0.2, 0) is 11.3 Å². The van der Waals surface area contributed by atoms with Gasteiger partial charge in [-0.2, -0.15) is 0 Å². The lowest BCUT2D eigenvalue weighted by atomic mass is 9.79. The fourth-order valence-corrected chi connectivity index (χ4v) is 4.58. The molecule has 2 heterocycles. The molecule has 1 aliphatic carbocycles. The quantitative estimate of drug-likeness (QED) is 0.459. The fraction of sp³-hybridized carbons (Fsp3) is 0.727. The molecular weight excluding hydrogens is 366 g/mol. The van der Waals surface area contributed by atoms with Crippen molar-refractivity contribution >= 4 is 11.9 Å². The molecule has 29 heavy (non-hydrogen) atoms. The van der Waals surface area contributed by atoms with Crippen LogP contribution < -0.4 is 16.0 Å². The second kappa shape index (κ2) is 11.2. The van der Waals surface area contributed by atoms with Gasteiger partial charge in [-0.1, -0.05) is 25.7 Å². The molecule has 7 heteroatoms. The maximum atomic E-state index is 12.1. The van der Waals surface area contributed by atoms with E-state index in [0.29, 0.717) is 6.54 Å². The fourth-order valence-electron chi connectivity index (χ4n) is 4.58. The van der Waals surface area contributed by atoms with E-state index in [-0.39, 0.29) is 18.0 Å². The van der Waals surface area contributed by atoms with E-state index < -0.39 is 0 Å². The number of aliphatic imine (C=N–C) groups is 1. The highest BCUT2D eigenvalue weighted by atomic mass is 16.3. The molecule has 1 saturated carbocycles. The van der Waals surface area contributed by atoms with Crippen LogP contribution in [0.3, 0.4) is 0 Å². The van der Waals surface area contributed by atoms with Gasteiger partial charge in [0, 0.05) is 18.6 Å². The van der Waals surface area contributed by atoms with Crippen LogP contribution in [0.15, 0.2) is 27.8 Å². The third-order valence-corrected chi connectivity index (χ3v) is 6.16. The summed E-state index contributed by atoms with van der Waals surface area (Å²) in [5, 5.41) is 9.69. The third-order valence-electron chi connectivity index (χ3n) is 6.16. The largest absolute Gasteiger partial charge is 0.467 e. The maximum Gasteiger partial charge on any atom is 0.242 e. The molecule has 2 aliphatic rings. The molecule has 162 valence electrons. The van der Waals surface area contributed by atoms with Gasteiger partial charge in [0.25, 0.3) is 0 Å². The van der Waals surface area contributed by atoms with E-state index in [1.54, 1.807) is 6.26 Å². The number of nitrogens with one attached hydrogen (secondary N) is 3. The first kappa shape index (κ1) is 21.7. The van der Waals surface area contributed by atoms with E-state index in [9.17, 15) is 4.79 Å². The number of hydrogen-bond acceptors (Lipinski definition) is 4. The number of rotatable bonds is 8. The number of piperidine rings is 1. The predicted octanol–water partition coefficient (Wildman–Crippen LogP) is 2.64. The normalized spacial score (nSPS) is 20.2. The Kier molecular flexibility index (Phi) is 8.40. The van der Waals surface area contributed by atoms with E-state index in [4.69, 9.17) is 4.42 Å². The van der Waals surface area contributed by atoms with Crippen LogP contribution in [0.25, 0.3) is 0 Å². The van der Waals surface area contributed by atoms with Crippen molar-refractivity contribution in [1.82, 2.24) is 20.9 Å². The zero-order valence-corrected chi connectivity index (χ0v) is 17.8. The highest BCUT2D eigenvalue weighted by molar-refractivity contribution is 5.84. The summed E-state index contributed by atoms with van der Waals surface area (Å²) in [5.41, 5.74) is 0.233. The second-order valence-electron chi connectivity index (χ2n) is 8.24. The summed E-state index contributed by atoms with van der Waals surface area (Å²) in [4.78, 5) is 19.4. The Balaban J connectivity index is 1.54. The van der Waals surface area contributed by atoms with Crippen molar-refractivity contribution in [2.45, 2.75) is 70.4 Å². The van der Waals surface area contributed by atoms with Gasteiger partial charge in [-0.15, -0.1) is 0 Å². The number of furan rings is 1. The summed E-state index contributed by atoms with van der Waals surface area (Å²) in [6.07, 6.45) is 12.1. The Morgan fingerprint density at radius 3 is 2.55 bits per heavy atom. The first-order chi connectivity index (χ1) is 14.2. The van der Waals surface area contributed by atoms with Crippen molar-refractivity contribution in [2.75, 3.05) is 32.7 Å². The average Bonchev–Trinajstić information content (AvgIpc) is 3.29. The molecule has 3 rings (SSSR count). The molecule has 2 fully saturated rings. The topological polar surface area (TPSA) is 81.9 Å². The molecule has 7 nitrogen and oxygen atoms in total. The zero-order valence-electron chi connectivity index (χ0n) is 17.8. The molecule has 1 aromatic rings. The minimum Gasteiger partial charge on any atom is -0.467 e. The Labute approximate surface area is 174 Å². The van der Waals surface area contributed by atoms with Gasteiger partial charge in [-0.05, 0) is 57.8 Å². The Morgan fingerprint density at radius 2 is 1.86 bits per heavy atom. The number of nitrogens with zero attached hydrogens (tertiary/aromatic N) is 2. The summed E-state index contributed by atoms with van der Waals surface area (Å²) >= 11 is 0.